The Bertz CT molecular complexity index is 492. The molecule has 1 fully saturated rings. The highest BCUT2D eigenvalue weighted by Crippen LogP contribution is 2.38. The van der Waals surface area contributed by atoms with Crippen LogP contribution in [0.25, 0.3) is 0 Å². The number of halogens is 1. The lowest BCUT2D eigenvalue weighted by atomic mass is 9.77. The second kappa shape index (κ2) is 5.43. The van der Waals surface area contributed by atoms with Gasteiger partial charge in [-0.05, 0) is 54.4 Å². The second-order valence-electron chi connectivity index (χ2n) is 6.88. The molecule has 1 aromatic rings. The molecule has 110 valence electrons. The van der Waals surface area contributed by atoms with Gasteiger partial charge in [-0.3, -0.25) is 4.90 Å². The van der Waals surface area contributed by atoms with Crippen LogP contribution in [0.15, 0.2) is 22.7 Å². The predicted octanol–water partition coefficient (Wildman–Crippen LogP) is 3.22. The van der Waals surface area contributed by atoms with Gasteiger partial charge < -0.3 is 5.73 Å². The first kappa shape index (κ1) is 14.6. The average Bonchev–Trinajstić information content (AvgIpc) is 2.79. The zero-order valence-electron chi connectivity index (χ0n) is 12.5. The van der Waals surface area contributed by atoms with Gasteiger partial charge in [-0.1, -0.05) is 35.8 Å². The minimum atomic E-state index is 0.194. The maximum absolute atomic E-state index is 6.25. The van der Waals surface area contributed by atoms with Crippen molar-refractivity contribution in [2.75, 3.05) is 19.6 Å². The summed E-state index contributed by atoms with van der Waals surface area (Å²) in [6.45, 7) is 7.96. The Morgan fingerprint density at radius 1 is 1.25 bits per heavy atom. The zero-order chi connectivity index (χ0) is 14.3. The Labute approximate surface area is 130 Å². The van der Waals surface area contributed by atoms with E-state index in [1.54, 1.807) is 0 Å². The molecule has 3 rings (SSSR count). The number of nitrogens with zero attached hydrogens (tertiary/aromatic N) is 1. The van der Waals surface area contributed by atoms with Gasteiger partial charge in [-0.2, -0.15) is 0 Å². The molecule has 1 heterocycles. The van der Waals surface area contributed by atoms with Crippen molar-refractivity contribution in [3.05, 3.63) is 33.8 Å². The molecule has 0 amide bonds. The van der Waals surface area contributed by atoms with Gasteiger partial charge >= 0.3 is 0 Å². The topological polar surface area (TPSA) is 29.3 Å². The summed E-state index contributed by atoms with van der Waals surface area (Å²) in [6.07, 6.45) is 3.48. The molecule has 2 aliphatic rings. The fraction of sp³-hybridized carbons (Fsp3) is 0.647. The number of aryl methyl sites for hydroxylation is 1. The monoisotopic (exact) mass is 336 g/mol. The van der Waals surface area contributed by atoms with Gasteiger partial charge in [-0.25, -0.2) is 0 Å². The normalized spacial score (nSPS) is 34.2. The third-order valence-electron chi connectivity index (χ3n) is 5.59. The lowest BCUT2D eigenvalue weighted by Gasteiger charge is -2.45. The molecule has 3 heteroatoms. The molecule has 1 aromatic carbocycles. The maximum Gasteiger partial charge on any atom is 0.0375 e. The second-order valence-corrected chi connectivity index (χ2v) is 7.79. The SMILES string of the molecule is CC1CN(C2(CN)CCc3cc(Br)ccc3C2)CC1C. The van der Waals surface area contributed by atoms with Crippen LogP contribution in [0.4, 0.5) is 0 Å². The van der Waals surface area contributed by atoms with Crippen LogP contribution in [0.1, 0.15) is 31.4 Å². The number of fused-ring (bicyclic) bond motifs is 1. The molecule has 0 bridgehead atoms. The van der Waals surface area contributed by atoms with Crippen LogP contribution in [-0.4, -0.2) is 30.1 Å². The Morgan fingerprint density at radius 3 is 2.60 bits per heavy atom. The molecule has 3 atom stereocenters. The molecule has 0 radical (unpaired) electrons. The fourth-order valence-corrected chi connectivity index (χ4v) is 4.31. The molecule has 0 saturated carbocycles. The standard InChI is InChI=1S/C17H25BrN2/c1-12-9-20(10-13(12)2)17(11-19)6-5-14-7-16(18)4-3-15(14)8-17/h3-4,7,12-13H,5-6,8-11,19H2,1-2H3. The average molecular weight is 337 g/mol. The first-order valence-electron chi connectivity index (χ1n) is 7.76. The lowest BCUT2D eigenvalue weighted by molar-refractivity contribution is 0.101. The van der Waals surface area contributed by atoms with E-state index in [-0.39, 0.29) is 5.54 Å². The van der Waals surface area contributed by atoms with Crippen LogP contribution in [0, 0.1) is 11.8 Å². The van der Waals surface area contributed by atoms with E-state index in [0.717, 1.165) is 31.2 Å². The van der Waals surface area contributed by atoms with Crippen molar-refractivity contribution in [3.63, 3.8) is 0 Å². The molecule has 1 saturated heterocycles. The van der Waals surface area contributed by atoms with Crippen molar-refractivity contribution < 1.29 is 0 Å². The summed E-state index contributed by atoms with van der Waals surface area (Å²) in [7, 11) is 0. The molecule has 0 spiro atoms. The van der Waals surface area contributed by atoms with Crippen molar-refractivity contribution in [2.45, 2.75) is 38.6 Å². The molecule has 2 N–H and O–H groups in total. The Hall–Kier alpha value is -0.380. The summed E-state index contributed by atoms with van der Waals surface area (Å²) in [5, 5.41) is 0. The highest BCUT2D eigenvalue weighted by Gasteiger charge is 2.42. The highest BCUT2D eigenvalue weighted by atomic mass is 79.9. The first-order chi connectivity index (χ1) is 9.54. The van der Waals surface area contributed by atoms with Gasteiger partial charge in [0.25, 0.3) is 0 Å². The molecular formula is C17H25BrN2. The van der Waals surface area contributed by atoms with E-state index in [0.29, 0.717) is 0 Å². The largest absolute Gasteiger partial charge is 0.329 e. The van der Waals surface area contributed by atoms with Crippen LogP contribution in [0.3, 0.4) is 0 Å². The van der Waals surface area contributed by atoms with Crippen molar-refractivity contribution in [3.8, 4) is 0 Å². The molecule has 0 aromatic heterocycles. The van der Waals surface area contributed by atoms with E-state index in [4.69, 9.17) is 5.73 Å². The fourth-order valence-electron chi connectivity index (χ4n) is 3.90. The van der Waals surface area contributed by atoms with Crippen molar-refractivity contribution in [1.29, 1.82) is 0 Å². The molecular weight excluding hydrogens is 312 g/mol. The lowest BCUT2D eigenvalue weighted by Crippen LogP contribution is -2.56. The Balaban J connectivity index is 1.87. The van der Waals surface area contributed by atoms with Crippen molar-refractivity contribution in [2.24, 2.45) is 17.6 Å². The van der Waals surface area contributed by atoms with Gasteiger partial charge in [0.05, 0.1) is 0 Å². The quantitative estimate of drug-likeness (QED) is 0.898. The van der Waals surface area contributed by atoms with Crippen molar-refractivity contribution >= 4 is 15.9 Å². The summed E-state index contributed by atoms with van der Waals surface area (Å²) < 4.78 is 1.19. The number of hydrogen-bond donors (Lipinski definition) is 1. The van der Waals surface area contributed by atoms with Crippen LogP contribution >= 0.6 is 15.9 Å². The minimum Gasteiger partial charge on any atom is -0.329 e. The highest BCUT2D eigenvalue weighted by molar-refractivity contribution is 9.10. The van der Waals surface area contributed by atoms with Crippen LogP contribution in [0.5, 0.6) is 0 Å². The van der Waals surface area contributed by atoms with Gasteiger partial charge in [-0.15, -0.1) is 0 Å². The van der Waals surface area contributed by atoms with Crippen LogP contribution in [0.2, 0.25) is 0 Å². The van der Waals surface area contributed by atoms with Gasteiger partial charge in [0.2, 0.25) is 0 Å². The van der Waals surface area contributed by atoms with E-state index in [9.17, 15) is 0 Å². The third kappa shape index (κ3) is 2.44. The van der Waals surface area contributed by atoms with Crippen molar-refractivity contribution in [1.82, 2.24) is 4.90 Å². The van der Waals surface area contributed by atoms with Gasteiger partial charge in [0.1, 0.15) is 0 Å². The number of benzene rings is 1. The van der Waals surface area contributed by atoms with Crippen LogP contribution < -0.4 is 5.73 Å². The smallest absolute Gasteiger partial charge is 0.0375 e. The summed E-state index contributed by atoms with van der Waals surface area (Å²) in [4.78, 5) is 2.69. The molecule has 2 nitrogen and oxygen atoms in total. The van der Waals surface area contributed by atoms with Crippen LogP contribution in [-0.2, 0) is 12.8 Å². The zero-order valence-corrected chi connectivity index (χ0v) is 14.1. The van der Waals surface area contributed by atoms with E-state index in [1.807, 2.05) is 0 Å². The Morgan fingerprint density at radius 2 is 1.95 bits per heavy atom. The summed E-state index contributed by atoms with van der Waals surface area (Å²) in [5.41, 5.74) is 9.44. The molecule has 1 aliphatic heterocycles. The third-order valence-corrected chi connectivity index (χ3v) is 6.08. The van der Waals surface area contributed by atoms with E-state index in [1.165, 1.54) is 35.1 Å². The Kier molecular flexibility index (Phi) is 3.95. The molecule has 1 aliphatic carbocycles. The first-order valence-corrected chi connectivity index (χ1v) is 8.56. The van der Waals surface area contributed by atoms with Gasteiger partial charge in [0.15, 0.2) is 0 Å². The van der Waals surface area contributed by atoms with Gasteiger partial charge in [0, 0.05) is 29.6 Å². The maximum atomic E-state index is 6.25. The predicted molar refractivity (Wildman–Crippen MR) is 87.9 cm³/mol. The number of nitrogens with two attached hydrogens (primary N) is 1. The number of rotatable bonds is 2. The minimum absolute atomic E-state index is 0.194. The molecule has 20 heavy (non-hydrogen) atoms. The number of hydrogen-bond acceptors (Lipinski definition) is 2. The van der Waals surface area contributed by atoms with E-state index in [2.05, 4.69) is 52.9 Å². The number of likely N-dealkylation sites (tertiary alicyclic amines) is 1. The molecule has 3 unspecified atom stereocenters. The summed E-state index contributed by atoms with van der Waals surface area (Å²) in [6, 6.07) is 6.73. The summed E-state index contributed by atoms with van der Waals surface area (Å²) >= 11 is 3.58. The van der Waals surface area contributed by atoms with E-state index >= 15 is 0 Å². The van der Waals surface area contributed by atoms with E-state index < -0.39 is 0 Å². The summed E-state index contributed by atoms with van der Waals surface area (Å²) in [5.74, 6) is 1.59.